The zero-order chi connectivity index (χ0) is 12.8. The molecule has 18 heavy (non-hydrogen) atoms. The van der Waals surface area contributed by atoms with Crippen molar-refractivity contribution < 1.29 is 9.15 Å². The van der Waals surface area contributed by atoms with Crippen LogP contribution in [0.1, 0.15) is 11.5 Å². The molecule has 4 heteroatoms. The lowest BCUT2D eigenvalue weighted by molar-refractivity contribution is 0.368. The first-order chi connectivity index (χ1) is 8.78. The topological polar surface area (TPSA) is 58.2 Å². The number of benzene rings is 1. The molecule has 0 amide bonds. The molecule has 2 rings (SSSR count). The molecule has 0 unspecified atom stereocenters. The molecule has 0 aliphatic heterocycles. The Kier molecular flexibility index (Phi) is 3.87. The van der Waals surface area contributed by atoms with Gasteiger partial charge in [-0.15, -0.1) is 0 Å². The monoisotopic (exact) mass is 242 g/mol. The summed E-state index contributed by atoms with van der Waals surface area (Å²) >= 11 is 0. The van der Waals surface area contributed by atoms with Crippen LogP contribution in [0.2, 0.25) is 0 Å². The van der Waals surface area contributed by atoms with E-state index >= 15 is 0 Å². The van der Waals surface area contributed by atoms with E-state index in [4.69, 9.17) is 14.4 Å². The van der Waals surface area contributed by atoms with E-state index in [2.05, 4.69) is 5.32 Å². The molecule has 4 nitrogen and oxygen atoms in total. The summed E-state index contributed by atoms with van der Waals surface area (Å²) in [5, 5.41) is 11.7. The molecular formula is C14H14N2O2. The van der Waals surface area contributed by atoms with E-state index in [-0.39, 0.29) is 6.61 Å². The predicted octanol–water partition coefficient (Wildman–Crippen LogP) is 3.10. The molecule has 0 radical (unpaired) electrons. The maximum Gasteiger partial charge on any atom is 0.174 e. The van der Waals surface area contributed by atoms with E-state index < -0.39 is 0 Å². The van der Waals surface area contributed by atoms with Gasteiger partial charge in [-0.1, -0.05) is 6.07 Å². The summed E-state index contributed by atoms with van der Waals surface area (Å²) in [6, 6.07) is 13.3. The largest absolute Gasteiger partial charge is 0.479 e. The third-order valence-corrected chi connectivity index (χ3v) is 2.40. The van der Waals surface area contributed by atoms with Gasteiger partial charge < -0.3 is 14.5 Å². The molecule has 0 aliphatic rings. The lowest BCUT2D eigenvalue weighted by atomic mass is 10.3. The number of nitriles is 1. The van der Waals surface area contributed by atoms with Crippen molar-refractivity contribution >= 4 is 5.69 Å². The number of anilines is 1. The van der Waals surface area contributed by atoms with E-state index in [9.17, 15) is 0 Å². The van der Waals surface area contributed by atoms with Gasteiger partial charge in [-0.05, 0) is 31.2 Å². The van der Waals surface area contributed by atoms with Gasteiger partial charge in [0.25, 0.3) is 0 Å². The van der Waals surface area contributed by atoms with Crippen molar-refractivity contribution in [2.75, 3.05) is 11.9 Å². The van der Waals surface area contributed by atoms with Crippen molar-refractivity contribution in [1.29, 1.82) is 5.26 Å². The molecule has 0 fully saturated rings. The van der Waals surface area contributed by atoms with Gasteiger partial charge in [0.1, 0.15) is 23.3 Å². The van der Waals surface area contributed by atoms with Gasteiger partial charge in [0.2, 0.25) is 0 Å². The van der Waals surface area contributed by atoms with Crippen molar-refractivity contribution in [2.24, 2.45) is 0 Å². The highest BCUT2D eigenvalue weighted by Gasteiger charge is 2.00. The van der Waals surface area contributed by atoms with Crippen LogP contribution in [0.3, 0.4) is 0 Å². The molecule has 1 aromatic carbocycles. The average molecular weight is 242 g/mol. The highest BCUT2D eigenvalue weighted by Crippen LogP contribution is 2.18. The van der Waals surface area contributed by atoms with Crippen molar-refractivity contribution in [3.05, 3.63) is 47.9 Å². The van der Waals surface area contributed by atoms with Gasteiger partial charge in [0, 0.05) is 11.8 Å². The quantitative estimate of drug-likeness (QED) is 0.875. The zero-order valence-electron chi connectivity index (χ0n) is 10.1. The Hall–Kier alpha value is -2.41. The van der Waals surface area contributed by atoms with E-state index in [0.717, 1.165) is 17.2 Å². The van der Waals surface area contributed by atoms with Gasteiger partial charge in [-0.3, -0.25) is 0 Å². The van der Waals surface area contributed by atoms with Gasteiger partial charge >= 0.3 is 0 Å². The van der Waals surface area contributed by atoms with Crippen molar-refractivity contribution in [3.8, 4) is 11.8 Å². The SMILES string of the molecule is Cc1ccc(CNc2cccc(OCC#N)c2)o1. The fraction of sp³-hybridized carbons (Fsp3) is 0.214. The van der Waals surface area contributed by atoms with Crippen LogP contribution >= 0.6 is 0 Å². The van der Waals surface area contributed by atoms with Crippen LogP contribution in [0.15, 0.2) is 40.8 Å². The first kappa shape index (κ1) is 12.1. The van der Waals surface area contributed by atoms with Crippen LogP contribution < -0.4 is 10.1 Å². The molecule has 0 spiro atoms. The number of ether oxygens (including phenoxy) is 1. The summed E-state index contributed by atoms with van der Waals surface area (Å²) in [7, 11) is 0. The molecule has 92 valence electrons. The van der Waals surface area contributed by atoms with Gasteiger partial charge in [-0.2, -0.15) is 5.26 Å². The Labute approximate surface area is 106 Å². The minimum absolute atomic E-state index is 0.0564. The second-order valence-corrected chi connectivity index (χ2v) is 3.84. The van der Waals surface area contributed by atoms with Crippen LogP contribution in [0.4, 0.5) is 5.69 Å². The van der Waals surface area contributed by atoms with Crippen LogP contribution in [0, 0.1) is 18.3 Å². The Balaban J connectivity index is 1.95. The Morgan fingerprint density at radius 3 is 2.94 bits per heavy atom. The normalized spacial score (nSPS) is 9.78. The van der Waals surface area contributed by atoms with E-state index in [1.54, 1.807) is 0 Å². The van der Waals surface area contributed by atoms with Crippen molar-refractivity contribution in [1.82, 2.24) is 0 Å². The smallest absolute Gasteiger partial charge is 0.174 e. The Morgan fingerprint density at radius 2 is 2.22 bits per heavy atom. The lowest BCUT2D eigenvalue weighted by Gasteiger charge is -2.07. The minimum atomic E-state index is 0.0564. The highest BCUT2D eigenvalue weighted by atomic mass is 16.5. The standard InChI is InChI=1S/C14H14N2O2/c1-11-5-6-14(18-11)10-16-12-3-2-4-13(9-12)17-8-7-15/h2-6,9,16H,8,10H2,1H3. The summed E-state index contributed by atoms with van der Waals surface area (Å²) in [6.07, 6.45) is 0. The van der Waals surface area contributed by atoms with E-state index in [1.165, 1.54) is 0 Å². The van der Waals surface area contributed by atoms with Crippen LogP contribution in [-0.2, 0) is 6.54 Å². The summed E-state index contributed by atoms with van der Waals surface area (Å²) in [4.78, 5) is 0. The summed E-state index contributed by atoms with van der Waals surface area (Å²) in [5.74, 6) is 2.46. The molecule has 0 saturated heterocycles. The number of furan rings is 1. The summed E-state index contributed by atoms with van der Waals surface area (Å²) < 4.78 is 10.7. The fourth-order valence-corrected chi connectivity index (χ4v) is 1.58. The average Bonchev–Trinajstić information content (AvgIpc) is 2.80. The molecule has 1 aromatic heterocycles. The number of nitrogens with zero attached hydrogens (tertiary/aromatic N) is 1. The molecular weight excluding hydrogens is 228 g/mol. The molecule has 1 heterocycles. The van der Waals surface area contributed by atoms with Gasteiger partial charge in [0.05, 0.1) is 6.54 Å². The van der Waals surface area contributed by atoms with Crippen molar-refractivity contribution in [2.45, 2.75) is 13.5 Å². The molecule has 0 aliphatic carbocycles. The third kappa shape index (κ3) is 3.29. The molecule has 0 saturated carbocycles. The fourth-order valence-electron chi connectivity index (χ4n) is 1.58. The Bertz CT molecular complexity index is 555. The summed E-state index contributed by atoms with van der Waals surface area (Å²) in [5.41, 5.74) is 0.930. The van der Waals surface area contributed by atoms with E-state index in [0.29, 0.717) is 12.3 Å². The zero-order valence-corrected chi connectivity index (χ0v) is 10.1. The molecule has 0 bridgehead atoms. The number of aryl methyl sites for hydroxylation is 1. The van der Waals surface area contributed by atoms with Gasteiger partial charge in [-0.25, -0.2) is 0 Å². The maximum atomic E-state index is 8.45. The third-order valence-electron chi connectivity index (χ3n) is 2.40. The highest BCUT2D eigenvalue weighted by molar-refractivity contribution is 5.48. The lowest BCUT2D eigenvalue weighted by Crippen LogP contribution is -1.99. The second kappa shape index (κ2) is 5.78. The van der Waals surface area contributed by atoms with Crippen LogP contribution in [0.5, 0.6) is 5.75 Å². The number of rotatable bonds is 5. The van der Waals surface area contributed by atoms with Crippen LogP contribution in [-0.4, -0.2) is 6.61 Å². The maximum absolute atomic E-state index is 8.45. The number of nitrogens with one attached hydrogen (secondary N) is 1. The molecule has 2 aromatic rings. The van der Waals surface area contributed by atoms with E-state index in [1.807, 2.05) is 49.4 Å². The molecule has 1 N–H and O–H groups in total. The minimum Gasteiger partial charge on any atom is -0.479 e. The van der Waals surface area contributed by atoms with Crippen LogP contribution in [0.25, 0.3) is 0 Å². The summed E-state index contributed by atoms with van der Waals surface area (Å²) in [6.45, 7) is 2.59. The second-order valence-electron chi connectivity index (χ2n) is 3.84. The first-order valence-corrected chi connectivity index (χ1v) is 5.67. The molecule has 0 atom stereocenters. The van der Waals surface area contributed by atoms with Crippen molar-refractivity contribution in [3.63, 3.8) is 0 Å². The Morgan fingerprint density at radius 1 is 1.33 bits per heavy atom. The predicted molar refractivity (Wildman–Crippen MR) is 68.3 cm³/mol. The first-order valence-electron chi connectivity index (χ1n) is 5.67. The number of hydrogen-bond donors (Lipinski definition) is 1. The van der Waals surface area contributed by atoms with Gasteiger partial charge in [0.15, 0.2) is 6.61 Å². The number of hydrogen-bond acceptors (Lipinski definition) is 4.